The summed E-state index contributed by atoms with van der Waals surface area (Å²) in [4.78, 5) is 16.6. The molecule has 0 fully saturated rings. The van der Waals surface area contributed by atoms with Crippen molar-refractivity contribution in [3.8, 4) is 0 Å². The molecule has 2 aromatic rings. The molecule has 0 bridgehead atoms. The highest BCUT2D eigenvalue weighted by Gasteiger charge is 2.14. The third-order valence-electron chi connectivity index (χ3n) is 2.90. The van der Waals surface area contributed by atoms with Crippen molar-refractivity contribution in [2.75, 3.05) is 11.6 Å². The van der Waals surface area contributed by atoms with Crippen LogP contribution in [-0.4, -0.2) is 25.6 Å². The van der Waals surface area contributed by atoms with Crippen molar-refractivity contribution < 1.29 is 13.2 Å². The summed E-state index contributed by atoms with van der Waals surface area (Å²) < 4.78 is 23.0. The molecule has 0 aliphatic heterocycles. The van der Waals surface area contributed by atoms with E-state index >= 15 is 0 Å². The lowest BCUT2D eigenvalue weighted by molar-refractivity contribution is -0.111. The van der Waals surface area contributed by atoms with Gasteiger partial charge in [0.05, 0.1) is 4.90 Å². The molecular formula is C15H16N2O3S2. The first kappa shape index (κ1) is 16.4. The fraction of sp³-hybridized carbons (Fsp3) is 0.200. The van der Waals surface area contributed by atoms with Gasteiger partial charge in [-0.15, -0.1) is 11.3 Å². The van der Waals surface area contributed by atoms with Crippen LogP contribution in [0.25, 0.3) is 5.57 Å². The number of amides is 1. The van der Waals surface area contributed by atoms with E-state index in [9.17, 15) is 13.2 Å². The lowest BCUT2D eigenvalue weighted by atomic mass is 10.0. The van der Waals surface area contributed by atoms with Crippen molar-refractivity contribution in [3.63, 3.8) is 0 Å². The van der Waals surface area contributed by atoms with Crippen molar-refractivity contribution in [1.82, 2.24) is 4.98 Å². The summed E-state index contributed by atoms with van der Waals surface area (Å²) in [7, 11) is -3.25. The highest BCUT2D eigenvalue weighted by atomic mass is 32.2. The van der Waals surface area contributed by atoms with Crippen LogP contribution < -0.4 is 5.32 Å². The van der Waals surface area contributed by atoms with E-state index in [1.165, 1.54) is 23.5 Å². The van der Waals surface area contributed by atoms with Crippen LogP contribution in [0.2, 0.25) is 0 Å². The summed E-state index contributed by atoms with van der Waals surface area (Å²) in [6.07, 6.45) is 5.26. The number of nitrogens with zero attached hydrogens (tertiary/aromatic N) is 1. The molecule has 1 N–H and O–H groups in total. The van der Waals surface area contributed by atoms with Gasteiger partial charge in [0, 0.05) is 23.4 Å². The molecule has 0 aliphatic rings. The van der Waals surface area contributed by atoms with E-state index in [0.717, 1.165) is 6.26 Å². The summed E-state index contributed by atoms with van der Waals surface area (Å²) in [6, 6.07) is 6.29. The molecule has 2 rings (SSSR count). The summed E-state index contributed by atoms with van der Waals surface area (Å²) in [5.41, 5.74) is 1.17. The number of carbonyl (C=O) groups excluding carboxylic acids is 1. The van der Waals surface area contributed by atoms with Crippen LogP contribution in [0.15, 0.2) is 46.8 Å². The van der Waals surface area contributed by atoms with E-state index in [1.54, 1.807) is 29.8 Å². The van der Waals surface area contributed by atoms with Crippen LogP contribution >= 0.6 is 11.3 Å². The van der Waals surface area contributed by atoms with Gasteiger partial charge in [-0.1, -0.05) is 25.1 Å². The molecule has 0 radical (unpaired) electrons. The smallest absolute Gasteiger partial charge is 0.257 e. The molecule has 0 atom stereocenters. The Morgan fingerprint density at radius 2 is 2.00 bits per heavy atom. The molecule has 0 spiro atoms. The lowest BCUT2D eigenvalue weighted by Crippen LogP contribution is -2.13. The van der Waals surface area contributed by atoms with Crippen molar-refractivity contribution in [2.45, 2.75) is 18.2 Å². The first-order chi connectivity index (χ1) is 10.4. The summed E-state index contributed by atoms with van der Waals surface area (Å²) in [6.45, 7) is 1.93. The zero-order valence-corrected chi connectivity index (χ0v) is 13.9. The minimum Gasteiger partial charge on any atom is -0.298 e. The Balaban J connectivity index is 2.28. The van der Waals surface area contributed by atoms with E-state index in [2.05, 4.69) is 10.3 Å². The van der Waals surface area contributed by atoms with E-state index in [-0.39, 0.29) is 10.8 Å². The number of allylic oxidation sites excluding steroid dienone is 1. The van der Waals surface area contributed by atoms with Gasteiger partial charge in [0.1, 0.15) is 0 Å². The van der Waals surface area contributed by atoms with Crippen molar-refractivity contribution in [3.05, 3.63) is 47.5 Å². The molecule has 116 valence electrons. The van der Waals surface area contributed by atoms with Gasteiger partial charge in [0.2, 0.25) is 0 Å². The molecule has 1 aromatic carbocycles. The highest BCUT2D eigenvalue weighted by molar-refractivity contribution is 7.90. The second kappa shape index (κ2) is 6.85. The summed E-state index contributed by atoms with van der Waals surface area (Å²) in [5, 5.41) is 5.04. The molecular weight excluding hydrogens is 320 g/mol. The number of hydrogen-bond acceptors (Lipinski definition) is 5. The first-order valence-electron chi connectivity index (χ1n) is 6.63. The monoisotopic (exact) mass is 336 g/mol. The van der Waals surface area contributed by atoms with Gasteiger partial charge in [-0.25, -0.2) is 13.4 Å². The number of thiazole rings is 1. The van der Waals surface area contributed by atoms with Crippen molar-refractivity contribution in [1.29, 1.82) is 0 Å². The maximum Gasteiger partial charge on any atom is 0.257 e. The molecule has 0 aliphatic carbocycles. The van der Waals surface area contributed by atoms with Crippen molar-refractivity contribution in [2.24, 2.45) is 0 Å². The van der Waals surface area contributed by atoms with Crippen LogP contribution in [0.1, 0.15) is 18.9 Å². The van der Waals surface area contributed by atoms with Gasteiger partial charge in [0.15, 0.2) is 15.0 Å². The molecule has 0 saturated heterocycles. The third kappa shape index (κ3) is 4.02. The molecule has 7 heteroatoms. The predicted octanol–water partition coefficient (Wildman–Crippen LogP) is 2.98. The van der Waals surface area contributed by atoms with Crippen molar-refractivity contribution >= 4 is 37.8 Å². The Hall–Kier alpha value is -1.99. The van der Waals surface area contributed by atoms with E-state index in [1.807, 2.05) is 6.92 Å². The fourth-order valence-electron chi connectivity index (χ4n) is 1.88. The molecule has 1 amide bonds. The van der Waals surface area contributed by atoms with Gasteiger partial charge >= 0.3 is 0 Å². The Bertz CT molecular complexity index is 777. The van der Waals surface area contributed by atoms with Gasteiger partial charge in [-0.3, -0.25) is 10.1 Å². The number of aromatic nitrogens is 1. The molecule has 1 heterocycles. The highest BCUT2D eigenvalue weighted by Crippen LogP contribution is 2.21. The van der Waals surface area contributed by atoms with Crippen LogP contribution in [0.5, 0.6) is 0 Å². The van der Waals surface area contributed by atoms with Gasteiger partial charge in [-0.2, -0.15) is 0 Å². The predicted molar refractivity (Wildman–Crippen MR) is 88.6 cm³/mol. The Kier molecular flexibility index (Phi) is 5.10. The lowest BCUT2D eigenvalue weighted by Gasteiger charge is -2.08. The normalized spacial score (nSPS) is 12.2. The largest absolute Gasteiger partial charge is 0.298 e. The molecule has 0 saturated carbocycles. The maximum atomic E-state index is 12.4. The van der Waals surface area contributed by atoms with Crippen LogP contribution in [0.3, 0.4) is 0 Å². The Labute approximate surface area is 133 Å². The number of hydrogen-bond donors (Lipinski definition) is 1. The minimum atomic E-state index is -3.25. The van der Waals surface area contributed by atoms with Gasteiger partial charge in [-0.05, 0) is 24.1 Å². The number of carbonyl (C=O) groups is 1. The molecule has 0 unspecified atom stereocenters. The van der Waals surface area contributed by atoms with E-state index in [0.29, 0.717) is 22.7 Å². The average molecular weight is 336 g/mol. The fourth-order valence-corrected chi connectivity index (χ4v) is 3.03. The zero-order valence-electron chi connectivity index (χ0n) is 12.2. The van der Waals surface area contributed by atoms with E-state index < -0.39 is 9.84 Å². The molecule has 22 heavy (non-hydrogen) atoms. The third-order valence-corrected chi connectivity index (χ3v) is 4.72. The summed E-state index contributed by atoms with van der Waals surface area (Å²) >= 11 is 1.34. The standard InChI is InChI=1S/C15H16N2O3S2/c1-3-4-13(14(18)17-15-16-9-10-21-15)11-5-7-12(8-6-11)22(2,19)20/h4-10H,3H2,1-2H3,(H,16,17,18)/b13-4+. The SMILES string of the molecule is CC/C=C(/C(=O)Nc1nccs1)c1ccc(S(C)(=O)=O)cc1. The van der Waals surface area contributed by atoms with Gasteiger partial charge in [0.25, 0.3) is 5.91 Å². The maximum absolute atomic E-state index is 12.4. The number of anilines is 1. The van der Waals surface area contributed by atoms with Crippen LogP contribution in [-0.2, 0) is 14.6 Å². The number of benzene rings is 1. The Morgan fingerprint density at radius 1 is 1.32 bits per heavy atom. The topological polar surface area (TPSA) is 76.1 Å². The first-order valence-corrected chi connectivity index (χ1v) is 9.40. The average Bonchev–Trinajstić information content (AvgIpc) is 2.96. The Morgan fingerprint density at radius 3 is 2.50 bits per heavy atom. The van der Waals surface area contributed by atoms with E-state index in [4.69, 9.17) is 0 Å². The zero-order chi connectivity index (χ0) is 16.2. The van der Waals surface area contributed by atoms with Crippen LogP contribution in [0.4, 0.5) is 5.13 Å². The minimum absolute atomic E-state index is 0.229. The van der Waals surface area contributed by atoms with Gasteiger partial charge < -0.3 is 0 Å². The number of rotatable bonds is 5. The second-order valence-electron chi connectivity index (χ2n) is 4.61. The van der Waals surface area contributed by atoms with Crippen LogP contribution in [0, 0.1) is 0 Å². The molecule has 5 nitrogen and oxygen atoms in total. The second-order valence-corrected chi connectivity index (χ2v) is 7.52. The number of sulfone groups is 1. The summed E-state index contributed by atoms with van der Waals surface area (Å²) in [5.74, 6) is -0.260. The number of nitrogens with one attached hydrogen (secondary N) is 1. The quantitative estimate of drug-likeness (QED) is 0.852. The molecule has 1 aromatic heterocycles.